The monoisotopic (exact) mass is 206 g/mol. The average Bonchev–Trinajstić information content (AvgIpc) is 1.81. The summed E-state index contributed by atoms with van der Waals surface area (Å²) in [5.41, 5.74) is -0.405. The van der Waals surface area contributed by atoms with Gasteiger partial charge in [-0.3, -0.25) is 9.59 Å². The summed E-state index contributed by atoms with van der Waals surface area (Å²) in [4.78, 5) is 21.3. The molecule has 0 rings (SSSR count). The van der Waals surface area contributed by atoms with Gasteiger partial charge in [-0.15, -0.1) is 0 Å². The van der Waals surface area contributed by atoms with E-state index in [4.69, 9.17) is 9.47 Å². The van der Waals surface area contributed by atoms with Gasteiger partial charge in [-0.2, -0.15) is 0 Å². The van der Waals surface area contributed by atoms with Crippen LogP contribution in [0.1, 0.15) is 34.6 Å². The standard InChI is InChI=1S/C9H16O4.H2O/c1-6(10)12-8(9(3,4)5)13-7(2)11;/h8H,1-5H3;1H2. The van der Waals surface area contributed by atoms with Gasteiger partial charge in [0.15, 0.2) is 0 Å². The molecule has 5 heteroatoms. The van der Waals surface area contributed by atoms with E-state index < -0.39 is 23.6 Å². The van der Waals surface area contributed by atoms with Gasteiger partial charge in [0.25, 0.3) is 6.29 Å². The molecule has 0 aromatic heterocycles. The molecule has 84 valence electrons. The van der Waals surface area contributed by atoms with Crippen molar-refractivity contribution in [3.63, 3.8) is 0 Å². The van der Waals surface area contributed by atoms with Gasteiger partial charge in [-0.25, -0.2) is 0 Å². The number of carbonyl (C=O) groups is 2. The smallest absolute Gasteiger partial charge is 0.305 e. The van der Waals surface area contributed by atoms with Crippen molar-refractivity contribution in [2.45, 2.75) is 40.9 Å². The number of carbonyl (C=O) groups excluding carboxylic acids is 2. The molecular weight excluding hydrogens is 188 g/mol. The van der Waals surface area contributed by atoms with E-state index in [0.717, 1.165) is 0 Å². The van der Waals surface area contributed by atoms with Crippen molar-refractivity contribution in [1.29, 1.82) is 0 Å². The fourth-order valence-corrected chi connectivity index (χ4v) is 0.679. The lowest BCUT2D eigenvalue weighted by molar-refractivity contribution is -0.204. The van der Waals surface area contributed by atoms with E-state index in [2.05, 4.69) is 0 Å². The molecule has 0 fully saturated rings. The van der Waals surface area contributed by atoms with E-state index in [1.807, 2.05) is 20.8 Å². The van der Waals surface area contributed by atoms with Gasteiger partial charge in [0, 0.05) is 19.3 Å². The topological polar surface area (TPSA) is 84.1 Å². The quantitative estimate of drug-likeness (QED) is 0.490. The molecule has 0 aliphatic heterocycles. The summed E-state index contributed by atoms with van der Waals surface area (Å²) < 4.78 is 9.69. The molecule has 0 spiro atoms. The summed E-state index contributed by atoms with van der Waals surface area (Å²) in [5, 5.41) is 0. The molecule has 0 saturated heterocycles. The molecule has 0 bridgehead atoms. The molecule has 2 N–H and O–H groups in total. The lowest BCUT2D eigenvalue weighted by atomic mass is 9.96. The molecule has 0 atom stereocenters. The molecule has 0 saturated carbocycles. The Hall–Kier alpha value is -1.10. The van der Waals surface area contributed by atoms with Gasteiger partial charge < -0.3 is 14.9 Å². The molecule has 0 aromatic rings. The van der Waals surface area contributed by atoms with Gasteiger partial charge >= 0.3 is 11.9 Å². The third-order valence-corrected chi connectivity index (χ3v) is 1.25. The first-order valence-corrected chi connectivity index (χ1v) is 4.08. The summed E-state index contributed by atoms with van der Waals surface area (Å²) in [6, 6.07) is 0. The largest absolute Gasteiger partial charge is 0.425 e. The Morgan fingerprint density at radius 3 is 1.43 bits per heavy atom. The van der Waals surface area contributed by atoms with Gasteiger partial charge in [0.05, 0.1) is 0 Å². The van der Waals surface area contributed by atoms with E-state index in [1.54, 1.807) is 0 Å². The maximum Gasteiger partial charge on any atom is 0.305 e. The van der Waals surface area contributed by atoms with Gasteiger partial charge in [0.1, 0.15) is 0 Å². The fourth-order valence-electron chi connectivity index (χ4n) is 0.679. The molecule has 0 heterocycles. The van der Waals surface area contributed by atoms with E-state index >= 15 is 0 Å². The van der Waals surface area contributed by atoms with E-state index in [1.165, 1.54) is 13.8 Å². The molecule has 0 radical (unpaired) electrons. The molecule has 0 unspecified atom stereocenters. The number of ether oxygens (including phenoxy) is 2. The average molecular weight is 206 g/mol. The van der Waals surface area contributed by atoms with Crippen LogP contribution in [0.15, 0.2) is 0 Å². The molecular formula is C9H18O5. The van der Waals surface area contributed by atoms with Crippen LogP contribution < -0.4 is 0 Å². The molecule has 0 aliphatic carbocycles. The lowest BCUT2D eigenvalue weighted by Gasteiger charge is -2.28. The van der Waals surface area contributed by atoms with Crippen molar-refractivity contribution in [2.75, 3.05) is 0 Å². The number of hydrogen-bond donors (Lipinski definition) is 0. The minimum atomic E-state index is -0.817. The van der Waals surface area contributed by atoms with E-state index in [-0.39, 0.29) is 5.48 Å². The van der Waals surface area contributed by atoms with Crippen LogP contribution >= 0.6 is 0 Å². The molecule has 0 aromatic carbocycles. The van der Waals surface area contributed by atoms with Crippen LogP contribution in [0.2, 0.25) is 0 Å². The predicted octanol–water partition coefficient (Wildman–Crippen LogP) is 0.660. The van der Waals surface area contributed by atoms with Crippen LogP contribution in [0, 0.1) is 5.41 Å². The summed E-state index contributed by atoms with van der Waals surface area (Å²) >= 11 is 0. The van der Waals surface area contributed by atoms with E-state index in [9.17, 15) is 9.59 Å². The second-order valence-corrected chi connectivity index (χ2v) is 3.92. The summed E-state index contributed by atoms with van der Waals surface area (Å²) in [5.74, 6) is -0.914. The van der Waals surface area contributed by atoms with Crippen LogP contribution in [0.5, 0.6) is 0 Å². The van der Waals surface area contributed by atoms with Crippen LogP contribution in [0.25, 0.3) is 0 Å². The number of esters is 2. The predicted molar refractivity (Wildman–Crippen MR) is 50.4 cm³/mol. The third-order valence-electron chi connectivity index (χ3n) is 1.25. The summed E-state index contributed by atoms with van der Waals surface area (Å²) in [7, 11) is 0. The normalized spacial score (nSPS) is 10.4. The van der Waals surface area contributed by atoms with Crippen molar-refractivity contribution in [2.24, 2.45) is 5.41 Å². The molecule has 14 heavy (non-hydrogen) atoms. The Labute approximate surface area is 83.7 Å². The highest BCUT2D eigenvalue weighted by Crippen LogP contribution is 2.23. The van der Waals surface area contributed by atoms with E-state index in [0.29, 0.717) is 0 Å². The maximum atomic E-state index is 10.7. The van der Waals surface area contributed by atoms with Crippen molar-refractivity contribution in [3.05, 3.63) is 0 Å². The number of hydrogen-bond acceptors (Lipinski definition) is 4. The van der Waals surface area contributed by atoms with Crippen LogP contribution in [-0.4, -0.2) is 23.7 Å². The Balaban J connectivity index is 0. The SMILES string of the molecule is CC(=O)OC(OC(C)=O)C(C)(C)C.O. The lowest BCUT2D eigenvalue weighted by Crippen LogP contribution is -2.34. The highest BCUT2D eigenvalue weighted by molar-refractivity contribution is 5.68. The van der Waals surface area contributed by atoms with Crippen molar-refractivity contribution < 1.29 is 24.5 Å². The fraction of sp³-hybridized carbons (Fsp3) is 0.778. The summed E-state index contributed by atoms with van der Waals surface area (Å²) in [6.45, 7) is 8.03. The highest BCUT2D eigenvalue weighted by atomic mass is 16.7. The second-order valence-electron chi connectivity index (χ2n) is 3.92. The molecule has 0 amide bonds. The van der Waals surface area contributed by atoms with Gasteiger partial charge in [-0.1, -0.05) is 20.8 Å². The Kier molecular flexibility index (Phi) is 6.14. The Bertz CT molecular complexity index is 188. The Morgan fingerprint density at radius 1 is 1.00 bits per heavy atom. The molecule has 0 aliphatic rings. The van der Waals surface area contributed by atoms with Crippen molar-refractivity contribution in [3.8, 4) is 0 Å². The third kappa shape index (κ3) is 6.42. The highest BCUT2D eigenvalue weighted by Gasteiger charge is 2.30. The zero-order valence-electron chi connectivity index (χ0n) is 9.21. The minimum Gasteiger partial charge on any atom is -0.425 e. The molecule has 5 nitrogen and oxygen atoms in total. The van der Waals surface area contributed by atoms with Gasteiger partial charge in [0.2, 0.25) is 0 Å². The van der Waals surface area contributed by atoms with Crippen molar-refractivity contribution >= 4 is 11.9 Å². The zero-order valence-corrected chi connectivity index (χ0v) is 9.21. The minimum absolute atomic E-state index is 0. The first-order chi connectivity index (χ1) is 5.73. The Morgan fingerprint density at radius 2 is 1.29 bits per heavy atom. The van der Waals surface area contributed by atoms with Crippen LogP contribution in [0.4, 0.5) is 0 Å². The maximum absolute atomic E-state index is 10.7. The summed E-state index contributed by atoms with van der Waals surface area (Å²) in [6.07, 6.45) is -0.817. The van der Waals surface area contributed by atoms with Gasteiger partial charge in [-0.05, 0) is 0 Å². The first kappa shape index (κ1) is 15.4. The van der Waals surface area contributed by atoms with Crippen molar-refractivity contribution in [1.82, 2.24) is 0 Å². The number of rotatable bonds is 2. The van der Waals surface area contributed by atoms with Crippen LogP contribution in [0.3, 0.4) is 0 Å². The van der Waals surface area contributed by atoms with Crippen LogP contribution in [-0.2, 0) is 19.1 Å². The first-order valence-electron chi connectivity index (χ1n) is 4.08. The zero-order chi connectivity index (χ0) is 10.6. The second kappa shape index (κ2) is 5.59.